The molecule has 1 N–H and O–H groups in total. The molecule has 0 aromatic rings. The summed E-state index contributed by atoms with van der Waals surface area (Å²) in [4.78, 5) is 23.3. The smallest absolute Gasteiger partial charge is 0.407 e. The molecule has 142 valence electrons. The molecule has 24 heavy (non-hydrogen) atoms. The van der Waals surface area contributed by atoms with Gasteiger partial charge in [0.2, 0.25) is 0 Å². The van der Waals surface area contributed by atoms with Crippen LogP contribution in [0.25, 0.3) is 0 Å². The first kappa shape index (κ1) is 23.1. The molecular weight excluding hydrogens is 326 g/mol. The maximum Gasteiger partial charge on any atom is 0.407 e. The van der Waals surface area contributed by atoms with Crippen molar-refractivity contribution >= 4 is 23.8 Å². The summed E-state index contributed by atoms with van der Waals surface area (Å²) in [5.74, 6) is 0.413. The van der Waals surface area contributed by atoms with Gasteiger partial charge >= 0.3 is 12.1 Å². The second-order valence-electron chi connectivity index (χ2n) is 5.97. The minimum Gasteiger partial charge on any atom is -0.464 e. The quantitative estimate of drug-likeness (QED) is 0.343. The van der Waals surface area contributed by atoms with Gasteiger partial charge in [-0.25, -0.2) is 9.59 Å². The Kier molecular flexibility index (Phi) is 16.3. The van der Waals surface area contributed by atoms with Crippen molar-refractivity contribution in [3.05, 3.63) is 0 Å². The van der Waals surface area contributed by atoms with Crippen LogP contribution in [0.4, 0.5) is 4.79 Å². The largest absolute Gasteiger partial charge is 0.464 e. The molecule has 1 unspecified atom stereocenters. The zero-order valence-electron chi connectivity index (χ0n) is 15.6. The summed E-state index contributed by atoms with van der Waals surface area (Å²) < 4.78 is 9.84. The number of carbonyl (C=O) groups excluding carboxylic acids is 2. The fourth-order valence-electron chi connectivity index (χ4n) is 2.37. The van der Waals surface area contributed by atoms with Crippen LogP contribution in [0.3, 0.4) is 0 Å². The van der Waals surface area contributed by atoms with Crippen molar-refractivity contribution in [2.24, 2.45) is 0 Å². The molecule has 5 nitrogen and oxygen atoms in total. The number of hydrogen-bond donors (Lipinski definition) is 1. The Hall–Kier alpha value is -0.910. The van der Waals surface area contributed by atoms with Crippen LogP contribution in [0.15, 0.2) is 0 Å². The van der Waals surface area contributed by atoms with Gasteiger partial charge in [-0.15, -0.1) is 0 Å². The summed E-state index contributed by atoms with van der Waals surface area (Å²) in [5, 5.41) is 2.54. The van der Waals surface area contributed by atoms with E-state index in [0.29, 0.717) is 13.0 Å². The third-order valence-corrected chi connectivity index (χ3v) is 4.51. The van der Waals surface area contributed by atoms with Crippen molar-refractivity contribution in [3.8, 4) is 0 Å². The predicted molar refractivity (Wildman–Crippen MR) is 101 cm³/mol. The molecule has 0 aromatic carbocycles. The molecule has 0 saturated carbocycles. The van der Waals surface area contributed by atoms with E-state index in [4.69, 9.17) is 4.74 Å². The molecule has 0 heterocycles. The summed E-state index contributed by atoms with van der Waals surface area (Å²) in [6.07, 6.45) is 12.9. The highest BCUT2D eigenvalue weighted by Gasteiger charge is 2.22. The van der Waals surface area contributed by atoms with E-state index in [1.807, 2.05) is 6.26 Å². The van der Waals surface area contributed by atoms with Crippen molar-refractivity contribution < 1.29 is 19.1 Å². The van der Waals surface area contributed by atoms with Crippen LogP contribution < -0.4 is 5.32 Å². The van der Waals surface area contributed by atoms with Gasteiger partial charge < -0.3 is 14.8 Å². The molecule has 0 fully saturated rings. The van der Waals surface area contributed by atoms with Gasteiger partial charge in [0, 0.05) is 0 Å². The van der Waals surface area contributed by atoms with Gasteiger partial charge in [0.1, 0.15) is 6.04 Å². The molecule has 0 spiro atoms. The molecule has 0 saturated heterocycles. The molecule has 0 aliphatic rings. The number of thioether (sulfide) groups is 1. The second kappa shape index (κ2) is 16.9. The molecular formula is C18H35NO4S. The topological polar surface area (TPSA) is 64.6 Å². The van der Waals surface area contributed by atoms with Gasteiger partial charge in [-0.1, -0.05) is 58.3 Å². The van der Waals surface area contributed by atoms with Crippen molar-refractivity contribution in [1.29, 1.82) is 0 Å². The monoisotopic (exact) mass is 361 g/mol. The number of amides is 1. The van der Waals surface area contributed by atoms with Gasteiger partial charge in [0.05, 0.1) is 13.7 Å². The Morgan fingerprint density at radius 2 is 1.58 bits per heavy atom. The average Bonchev–Trinajstić information content (AvgIpc) is 2.59. The lowest BCUT2D eigenvalue weighted by atomic mass is 10.1. The summed E-state index contributed by atoms with van der Waals surface area (Å²) in [6.45, 7) is 2.65. The van der Waals surface area contributed by atoms with Crippen LogP contribution in [0.1, 0.15) is 71.1 Å². The van der Waals surface area contributed by atoms with Crippen molar-refractivity contribution in [3.63, 3.8) is 0 Å². The molecule has 1 atom stereocenters. The molecule has 6 heteroatoms. The number of methoxy groups -OCH3 is 1. The minimum absolute atomic E-state index is 0.367. The summed E-state index contributed by atoms with van der Waals surface area (Å²) in [7, 11) is 1.29. The first-order valence-electron chi connectivity index (χ1n) is 9.15. The van der Waals surface area contributed by atoms with E-state index in [-0.39, 0.29) is 5.97 Å². The number of carbonyl (C=O) groups is 2. The van der Waals surface area contributed by atoms with Crippen LogP contribution in [0.2, 0.25) is 0 Å². The van der Waals surface area contributed by atoms with Crippen molar-refractivity contribution in [1.82, 2.24) is 5.32 Å². The fraction of sp³-hybridized carbons (Fsp3) is 0.889. The number of hydrogen-bond acceptors (Lipinski definition) is 5. The SMILES string of the molecule is CCCCCCCCCCCOC(=O)C(CCSC)NC(=O)OC. The molecule has 0 aliphatic carbocycles. The van der Waals surface area contributed by atoms with Crippen LogP contribution >= 0.6 is 11.8 Å². The fourth-order valence-corrected chi connectivity index (χ4v) is 2.84. The Morgan fingerprint density at radius 1 is 1.00 bits per heavy atom. The minimum atomic E-state index is -0.622. The predicted octanol–water partition coefficient (Wildman–Crippen LogP) is 4.54. The van der Waals surface area contributed by atoms with E-state index in [0.717, 1.165) is 18.6 Å². The molecule has 0 aromatic heterocycles. The Balaban J connectivity index is 3.73. The zero-order chi connectivity index (χ0) is 18.0. The van der Waals surface area contributed by atoms with Crippen LogP contribution in [0.5, 0.6) is 0 Å². The average molecular weight is 362 g/mol. The third-order valence-electron chi connectivity index (χ3n) is 3.86. The van der Waals surface area contributed by atoms with E-state index in [1.165, 1.54) is 52.1 Å². The summed E-state index contributed by atoms with van der Waals surface area (Å²) >= 11 is 1.63. The normalized spacial score (nSPS) is 11.8. The maximum absolute atomic E-state index is 12.0. The van der Waals surface area contributed by atoms with Crippen LogP contribution in [0, 0.1) is 0 Å². The van der Waals surface area contributed by atoms with Crippen LogP contribution in [-0.4, -0.2) is 43.8 Å². The highest BCUT2D eigenvalue weighted by molar-refractivity contribution is 7.98. The van der Waals surface area contributed by atoms with Gasteiger partial charge in [-0.3, -0.25) is 0 Å². The lowest BCUT2D eigenvalue weighted by molar-refractivity contribution is -0.146. The standard InChI is InChI=1S/C18H35NO4S/c1-4-5-6-7-8-9-10-11-12-14-23-17(20)16(13-15-24-3)19-18(21)22-2/h16H,4-15H2,1-3H3,(H,19,21). The number of alkyl carbamates (subject to hydrolysis) is 1. The van der Waals surface area contributed by atoms with E-state index < -0.39 is 12.1 Å². The second-order valence-corrected chi connectivity index (χ2v) is 6.95. The number of ether oxygens (including phenoxy) is 2. The molecule has 0 radical (unpaired) electrons. The number of esters is 1. The van der Waals surface area contributed by atoms with Crippen LogP contribution in [-0.2, 0) is 14.3 Å². The van der Waals surface area contributed by atoms with Gasteiger partial charge in [-0.05, 0) is 24.9 Å². The van der Waals surface area contributed by atoms with Crippen molar-refractivity contribution in [2.45, 2.75) is 77.2 Å². The molecule has 0 rings (SSSR count). The Labute approximate surface area is 151 Å². The zero-order valence-corrected chi connectivity index (χ0v) is 16.4. The molecule has 0 bridgehead atoms. The summed E-state index contributed by atoms with van der Waals surface area (Å²) in [5.41, 5.74) is 0. The number of nitrogens with one attached hydrogen (secondary N) is 1. The van der Waals surface area contributed by atoms with Crippen molar-refractivity contribution in [2.75, 3.05) is 25.7 Å². The lowest BCUT2D eigenvalue weighted by Crippen LogP contribution is -2.42. The van der Waals surface area contributed by atoms with Gasteiger partial charge in [0.25, 0.3) is 0 Å². The Morgan fingerprint density at radius 3 is 2.12 bits per heavy atom. The van der Waals surface area contributed by atoms with Gasteiger partial charge in [-0.2, -0.15) is 11.8 Å². The number of rotatable bonds is 15. The lowest BCUT2D eigenvalue weighted by Gasteiger charge is -2.16. The maximum atomic E-state index is 12.0. The van der Waals surface area contributed by atoms with Gasteiger partial charge in [0.15, 0.2) is 0 Å². The highest BCUT2D eigenvalue weighted by atomic mass is 32.2. The van der Waals surface area contributed by atoms with E-state index in [1.54, 1.807) is 11.8 Å². The van der Waals surface area contributed by atoms with E-state index in [9.17, 15) is 9.59 Å². The third kappa shape index (κ3) is 13.5. The number of unbranched alkanes of at least 4 members (excludes halogenated alkanes) is 8. The molecule has 0 aliphatic heterocycles. The van der Waals surface area contributed by atoms with E-state index >= 15 is 0 Å². The first-order valence-corrected chi connectivity index (χ1v) is 10.5. The molecule has 1 amide bonds. The summed E-state index contributed by atoms with van der Waals surface area (Å²) in [6, 6.07) is -0.622. The Bertz CT molecular complexity index is 326. The first-order chi connectivity index (χ1) is 11.7. The van der Waals surface area contributed by atoms with E-state index in [2.05, 4.69) is 17.0 Å². The highest BCUT2D eigenvalue weighted by Crippen LogP contribution is 2.10.